The zero-order chi connectivity index (χ0) is 20.4. The van der Waals surface area contributed by atoms with Crippen LogP contribution in [0.5, 0.6) is 0 Å². The average Bonchev–Trinajstić information content (AvgIpc) is 2.80. The summed E-state index contributed by atoms with van der Waals surface area (Å²) in [6.07, 6.45) is -0.357. The highest BCUT2D eigenvalue weighted by atomic mass is 32.1. The summed E-state index contributed by atoms with van der Waals surface area (Å²) < 4.78 is 5.22. The highest BCUT2D eigenvalue weighted by molar-refractivity contribution is 7.16. The SMILES string of the molecule is Cc1cc(C)c(NC(=O)Cc2sc(NC(=O)OC(C)(C)C)nc2C)c(C)c1. The number of nitrogens with zero attached hydrogens (tertiary/aromatic N) is 1. The number of aromatic nitrogens is 1. The van der Waals surface area contributed by atoms with E-state index in [1.165, 1.54) is 16.9 Å². The molecule has 2 N–H and O–H groups in total. The van der Waals surface area contributed by atoms with Gasteiger partial charge in [0.05, 0.1) is 12.1 Å². The first-order chi connectivity index (χ1) is 12.4. The van der Waals surface area contributed by atoms with Crippen LogP contribution >= 0.6 is 11.3 Å². The molecule has 0 aliphatic heterocycles. The molecule has 7 heteroatoms. The van der Waals surface area contributed by atoms with E-state index in [0.717, 1.165) is 27.4 Å². The summed E-state index contributed by atoms with van der Waals surface area (Å²) in [5.74, 6) is -0.111. The maximum absolute atomic E-state index is 12.5. The number of hydrogen-bond acceptors (Lipinski definition) is 5. The summed E-state index contributed by atoms with van der Waals surface area (Å²) in [4.78, 5) is 29.5. The first kappa shape index (κ1) is 20.9. The van der Waals surface area contributed by atoms with Crippen molar-refractivity contribution in [2.24, 2.45) is 0 Å². The Morgan fingerprint density at radius 1 is 1.07 bits per heavy atom. The van der Waals surface area contributed by atoms with Crippen LogP contribution in [0.3, 0.4) is 0 Å². The lowest BCUT2D eigenvalue weighted by Gasteiger charge is -2.18. The molecule has 2 aromatic rings. The maximum Gasteiger partial charge on any atom is 0.413 e. The smallest absolute Gasteiger partial charge is 0.413 e. The lowest BCUT2D eigenvalue weighted by atomic mass is 10.0. The molecule has 0 fully saturated rings. The van der Waals surface area contributed by atoms with Gasteiger partial charge in [0.2, 0.25) is 5.91 Å². The van der Waals surface area contributed by atoms with E-state index in [9.17, 15) is 9.59 Å². The molecule has 0 radical (unpaired) electrons. The molecule has 0 unspecified atom stereocenters. The van der Waals surface area contributed by atoms with Crippen molar-refractivity contribution in [2.45, 2.75) is 60.5 Å². The van der Waals surface area contributed by atoms with Gasteiger partial charge in [0.25, 0.3) is 0 Å². The molecule has 0 saturated heterocycles. The van der Waals surface area contributed by atoms with Gasteiger partial charge in [-0.15, -0.1) is 11.3 Å². The van der Waals surface area contributed by atoms with Gasteiger partial charge in [0.15, 0.2) is 5.13 Å². The number of rotatable bonds is 4. The number of benzene rings is 1. The first-order valence-electron chi connectivity index (χ1n) is 8.78. The largest absolute Gasteiger partial charge is 0.444 e. The number of amides is 2. The van der Waals surface area contributed by atoms with Crippen molar-refractivity contribution in [3.8, 4) is 0 Å². The second-order valence-corrected chi connectivity index (χ2v) is 8.74. The first-order valence-corrected chi connectivity index (χ1v) is 9.60. The summed E-state index contributed by atoms with van der Waals surface area (Å²) in [5, 5.41) is 6.04. The van der Waals surface area contributed by atoms with E-state index >= 15 is 0 Å². The number of hydrogen-bond donors (Lipinski definition) is 2. The van der Waals surface area contributed by atoms with Crippen LogP contribution in [-0.2, 0) is 16.0 Å². The summed E-state index contributed by atoms with van der Waals surface area (Å²) >= 11 is 1.28. The van der Waals surface area contributed by atoms with Gasteiger partial charge in [-0.2, -0.15) is 0 Å². The number of aryl methyl sites for hydroxylation is 4. The number of anilines is 2. The van der Waals surface area contributed by atoms with Crippen LogP contribution in [0.25, 0.3) is 0 Å². The topological polar surface area (TPSA) is 80.3 Å². The van der Waals surface area contributed by atoms with Gasteiger partial charge in [0, 0.05) is 10.6 Å². The van der Waals surface area contributed by atoms with E-state index in [4.69, 9.17) is 4.74 Å². The molecule has 0 aliphatic rings. The van der Waals surface area contributed by atoms with Gasteiger partial charge in [-0.25, -0.2) is 9.78 Å². The fourth-order valence-electron chi connectivity index (χ4n) is 2.74. The van der Waals surface area contributed by atoms with Crippen molar-refractivity contribution in [1.29, 1.82) is 0 Å². The van der Waals surface area contributed by atoms with E-state index < -0.39 is 11.7 Å². The van der Waals surface area contributed by atoms with Crippen molar-refractivity contribution < 1.29 is 14.3 Å². The van der Waals surface area contributed by atoms with E-state index in [1.54, 1.807) is 20.8 Å². The molecule has 0 spiro atoms. The van der Waals surface area contributed by atoms with E-state index in [2.05, 4.69) is 15.6 Å². The third kappa shape index (κ3) is 6.06. The Hall–Kier alpha value is -2.41. The Labute approximate surface area is 164 Å². The van der Waals surface area contributed by atoms with E-state index in [0.29, 0.717) is 5.13 Å². The fourth-order valence-corrected chi connectivity index (χ4v) is 3.69. The summed E-state index contributed by atoms with van der Waals surface area (Å²) in [7, 11) is 0. The number of thiazole rings is 1. The van der Waals surface area contributed by atoms with Crippen molar-refractivity contribution in [3.05, 3.63) is 39.4 Å². The monoisotopic (exact) mass is 389 g/mol. The average molecular weight is 390 g/mol. The molecular weight excluding hydrogens is 362 g/mol. The van der Waals surface area contributed by atoms with Gasteiger partial charge < -0.3 is 10.1 Å². The van der Waals surface area contributed by atoms with Crippen molar-refractivity contribution in [1.82, 2.24) is 4.98 Å². The maximum atomic E-state index is 12.5. The lowest BCUT2D eigenvalue weighted by molar-refractivity contribution is -0.115. The van der Waals surface area contributed by atoms with Crippen LogP contribution in [0, 0.1) is 27.7 Å². The fraction of sp³-hybridized carbons (Fsp3) is 0.450. The van der Waals surface area contributed by atoms with Gasteiger partial charge in [-0.05, 0) is 59.6 Å². The molecule has 2 amide bonds. The van der Waals surface area contributed by atoms with E-state index in [1.807, 2.05) is 39.8 Å². The zero-order valence-corrected chi connectivity index (χ0v) is 17.8. The summed E-state index contributed by atoms with van der Waals surface area (Å²) in [6, 6.07) is 4.09. The van der Waals surface area contributed by atoms with Crippen LogP contribution in [0.15, 0.2) is 12.1 Å². The standard InChI is InChI=1S/C20H27N3O3S/c1-11-8-12(2)17(13(3)9-11)22-16(24)10-15-14(4)21-18(27-15)23-19(25)26-20(5,6)7/h8-9H,10H2,1-7H3,(H,22,24)(H,21,23,25). The van der Waals surface area contributed by atoms with Gasteiger partial charge in [-0.3, -0.25) is 10.1 Å². The lowest BCUT2D eigenvalue weighted by Crippen LogP contribution is -2.27. The second kappa shape index (κ2) is 8.08. The van der Waals surface area contributed by atoms with Gasteiger partial charge >= 0.3 is 6.09 Å². The Kier molecular flexibility index (Phi) is 6.26. The van der Waals surface area contributed by atoms with Crippen molar-refractivity contribution in [3.63, 3.8) is 0 Å². The molecule has 1 aromatic carbocycles. The van der Waals surface area contributed by atoms with Crippen LogP contribution in [0.1, 0.15) is 48.0 Å². The Morgan fingerprint density at radius 3 is 2.22 bits per heavy atom. The molecule has 146 valence electrons. The van der Waals surface area contributed by atoms with Crippen molar-refractivity contribution >= 4 is 34.2 Å². The minimum absolute atomic E-state index is 0.111. The number of ether oxygens (including phenoxy) is 1. The normalized spacial score (nSPS) is 11.2. The molecule has 6 nitrogen and oxygen atoms in total. The minimum atomic E-state index is -0.580. The molecule has 0 atom stereocenters. The van der Waals surface area contributed by atoms with Gasteiger partial charge in [0.1, 0.15) is 5.60 Å². The van der Waals surface area contributed by atoms with Crippen LogP contribution < -0.4 is 10.6 Å². The molecular formula is C20H27N3O3S. The number of carbonyl (C=O) groups is 2. The molecule has 0 aliphatic carbocycles. The Bertz CT molecular complexity index is 843. The number of carbonyl (C=O) groups excluding carboxylic acids is 2. The molecule has 0 saturated carbocycles. The Morgan fingerprint density at radius 2 is 1.67 bits per heavy atom. The van der Waals surface area contributed by atoms with Gasteiger partial charge in [-0.1, -0.05) is 17.7 Å². The van der Waals surface area contributed by atoms with Crippen LogP contribution in [0.2, 0.25) is 0 Å². The Balaban J connectivity index is 2.05. The van der Waals surface area contributed by atoms with Crippen LogP contribution in [0.4, 0.5) is 15.6 Å². The second-order valence-electron chi connectivity index (χ2n) is 7.65. The quantitative estimate of drug-likeness (QED) is 0.779. The molecule has 2 rings (SSSR count). The predicted molar refractivity (Wildman–Crippen MR) is 110 cm³/mol. The van der Waals surface area contributed by atoms with Crippen molar-refractivity contribution in [2.75, 3.05) is 10.6 Å². The minimum Gasteiger partial charge on any atom is -0.444 e. The van der Waals surface area contributed by atoms with E-state index in [-0.39, 0.29) is 12.3 Å². The molecule has 1 aromatic heterocycles. The predicted octanol–water partition coefficient (Wildman–Crippen LogP) is 4.90. The van der Waals surface area contributed by atoms with Crippen LogP contribution in [-0.4, -0.2) is 22.6 Å². The summed E-state index contributed by atoms with van der Waals surface area (Å²) in [5.41, 5.74) is 4.23. The molecule has 1 heterocycles. The number of nitrogens with one attached hydrogen (secondary N) is 2. The highest BCUT2D eigenvalue weighted by Gasteiger charge is 2.19. The summed E-state index contributed by atoms with van der Waals surface area (Å²) in [6.45, 7) is 13.2. The third-order valence-electron chi connectivity index (χ3n) is 3.76. The molecule has 27 heavy (non-hydrogen) atoms. The zero-order valence-electron chi connectivity index (χ0n) is 16.9. The highest BCUT2D eigenvalue weighted by Crippen LogP contribution is 2.26. The molecule has 0 bridgehead atoms. The third-order valence-corrected chi connectivity index (χ3v) is 4.84.